The molecular formula is C26H28N2O4S. The van der Waals surface area contributed by atoms with Gasteiger partial charge in [0, 0.05) is 18.7 Å². The highest BCUT2D eigenvalue weighted by molar-refractivity contribution is 7.89. The minimum atomic E-state index is -3.60. The Bertz CT molecular complexity index is 1170. The molecule has 1 saturated carbocycles. The van der Waals surface area contributed by atoms with Gasteiger partial charge in [-0.2, -0.15) is 0 Å². The van der Waals surface area contributed by atoms with E-state index in [9.17, 15) is 13.2 Å². The molecule has 0 atom stereocenters. The Morgan fingerprint density at radius 2 is 1.67 bits per heavy atom. The van der Waals surface area contributed by atoms with E-state index in [0.29, 0.717) is 37.6 Å². The van der Waals surface area contributed by atoms with Crippen LogP contribution in [0.3, 0.4) is 0 Å². The zero-order valence-corrected chi connectivity index (χ0v) is 19.2. The average molecular weight is 465 g/mol. The summed E-state index contributed by atoms with van der Waals surface area (Å²) < 4.78 is 33.3. The largest absolute Gasteiger partial charge is 0.489 e. The Kier molecular flexibility index (Phi) is 7.42. The molecule has 6 nitrogen and oxygen atoms in total. The molecule has 0 heterocycles. The maximum atomic E-state index is 12.5. The van der Waals surface area contributed by atoms with Crippen molar-refractivity contribution >= 4 is 15.9 Å². The Hall–Kier alpha value is -3.16. The molecule has 3 aromatic carbocycles. The normalized spacial score (nSPS) is 13.5. The van der Waals surface area contributed by atoms with Crippen molar-refractivity contribution in [1.29, 1.82) is 0 Å². The van der Waals surface area contributed by atoms with E-state index in [1.807, 2.05) is 54.6 Å². The molecule has 0 radical (unpaired) electrons. The third-order valence-corrected chi connectivity index (χ3v) is 6.96. The number of amides is 1. The smallest absolute Gasteiger partial charge is 0.251 e. The monoisotopic (exact) mass is 464 g/mol. The van der Waals surface area contributed by atoms with Crippen LogP contribution in [-0.2, 0) is 23.1 Å². The molecule has 0 unspecified atom stereocenters. The van der Waals surface area contributed by atoms with Gasteiger partial charge >= 0.3 is 0 Å². The molecule has 3 aromatic rings. The molecule has 33 heavy (non-hydrogen) atoms. The predicted octanol–water partition coefficient (Wildman–Crippen LogP) is 3.93. The maximum absolute atomic E-state index is 12.5. The average Bonchev–Trinajstić information content (AvgIpc) is 3.68. The number of carbonyl (C=O) groups excluding carboxylic acids is 1. The van der Waals surface area contributed by atoms with Crippen LogP contribution in [0.5, 0.6) is 5.75 Å². The van der Waals surface area contributed by atoms with Gasteiger partial charge in [-0.15, -0.1) is 0 Å². The molecular weight excluding hydrogens is 436 g/mol. The zero-order valence-electron chi connectivity index (χ0n) is 18.4. The zero-order chi connectivity index (χ0) is 23.1. The molecule has 0 bridgehead atoms. The topological polar surface area (TPSA) is 84.5 Å². The summed E-state index contributed by atoms with van der Waals surface area (Å²) in [6, 6.07) is 23.9. The maximum Gasteiger partial charge on any atom is 0.251 e. The molecule has 7 heteroatoms. The van der Waals surface area contributed by atoms with Gasteiger partial charge in [-0.25, -0.2) is 13.1 Å². The van der Waals surface area contributed by atoms with E-state index in [0.717, 1.165) is 29.7 Å². The highest BCUT2D eigenvalue weighted by Crippen LogP contribution is 2.28. The van der Waals surface area contributed by atoms with Gasteiger partial charge in [0.2, 0.25) is 10.0 Å². The van der Waals surface area contributed by atoms with Crippen molar-refractivity contribution in [1.82, 2.24) is 10.0 Å². The van der Waals surface area contributed by atoms with E-state index in [-0.39, 0.29) is 10.8 Å². The summed E-state index contributed by atoms with van der Waals surface area (Å²) in [5.74, 6) is 0.938. The molecule has 1 aliphatic rings. The van der Waals surface area contributed by atoms with E-state index in [2.05, 4.69) is 10.0 Å². The highest BCUT2D eigenvalue weighted by atomic mass is 32.2. The van der Waals surface area contributed by atoms with Crippen LogP contribution in [0.4, 0.5) is 0 Å². The quantitative estimate of drug-likeness (QED) is 0.450. The Morgan fingerprint density at radius 1 is 0.909 bits per heavy atom. The summed E-state index contributed by atoms with van der Waals surface area (Å²) in [6.45, 7) is 1.41. The second-order valence-electron chi connectivity index (χ2n) is 8.25. The molecule has 0 saturated heterocycles. The SMILES string of the molecule is O=C(NCCc1ccc(OCc2ccccc2)cc1)c1cccc(S(=O)(=O)NCC2CC2)c1. The van der Waals surface area contributed by atoms with Crippen molar-refractivity contribution in [3.05, 3.63) is 95.6 Å². The molecule has 1 amide bonds. The predicted molar refractivity (Wildman–Crippen MR) is 128 cm³/mol. The van der Waals surface area contributed by atoms with Gasteiger partial charge in [0.05, 0.1) is 4.90 Å². The Labute approximate surface area is 195 Å². The Balaban J connectivity index is 1.25. The lowest BCUT2D eigenvalue weighted by Gasteiger charge is -2.10. The molecule has 0 aliphatic heterocycles. The number of nitrogens with one attached hydrogen (secondary N) is 2. The van der Waals surface area contributed by atoms with Crippen LogP contribution in [0.2, 0.25) is 0 Å². The number of benzene rings is 3. The van der Waals surface area contributed by atoms with Gasteiger partial charge in [0.1, 0.15) is 12.4 Å². The minimum Gasteiger partial charge on any atom is -0.489 e. The number of hydrogen-bond donors (Lipinski definition) is 2. The van der Waals surface area contributed by atoms with Gasteiger partial charge in [-0.05, 0) is 66.6 Å². The van der Waals surface area contributed by atoms with Crippen LogP contribution in [0.1, 0.15) is 34.3 Å². The first-order valence-corrected chi connectivity index (χ1v) is 12.6. The fraction of sp³-hybridized carbons (Fsp3) is 0.269. The molecule has 4 rings (SSSR count). The van der Waals surface area contributed by atoms with Gasteiger partial charge in [-0.3, -0.25) is 4.79 Å². The van der Waals surface area contributed by atoms with Gasteiger partial charge in [0.15, 0.2) is 0 Å². The van der Waals surface area contributed by atoms with Crippen molar-refractivity contribution < 1.29 is 17.9 Å². The van der Waals surface area contributed by atoms with Crippen molar-refractivity contribution in [2.75, 3.05) is 13.1 Å². The lowest BCUT2D eigenvalue weighted by Crippen LogP contribution is -2.28. The van der Waals surface area contributed by atoms with Crippen LogP contribution in [0.15, 0.2) is 83.8 Å². The lowest BCUT2D eigenvalue weighted by atomic mass is 10.1. The summed E-state index contributed by atoms with van der Waals surface area (Å²) in [5, 5.41) is 2.86. The first-order chi connectivity index (χ1) is 16.0. The van der Waals surface area contributed by atoms with Crippen LogP contribution < -0.4 is 14.8 Å². The fourth-order valence-corrected chi connectivity index (χ4v) is 4.51. The van der Waals surface area contributed by atoms with Crippen molar-refractivity contribution in [3.63, 3.8) is 0 Å². The number of sulfonamides is 1. The van der Waals surface area contributed by atoms with Gasteiger partial charge < -0.3 is 10.1 Å². The van der Waals surface area contributed by atoms with Crippen molar-refractivity contribution in [2.24, 2.45) is 5.92 Å². The lowest BCUT2D eigenvalue weighted by molar-refractivity contribution is 0.0954. The minimum absolute atomic E-state index is 0.113. The van der Waals surface area contributed by atoms with Crippen LogP contribution in [0, 0.1) is 5.92 Å². The third-order valence-electron chi connectivity index (χ3n) is 5.54. The van der Waals surface area contributed by atoms with E-state index < -0.39 is 10.0 Å². The second-order valence-corrected chi connectivity index (χ2v) is 10.0. The Morgan fingerprint density at radius 3 is 2.39 bits per heavy atom. The number of carbonyl (C=O) groups is 1. The second kappa shape index (κ2) is 10.6. The van der Waals surface area contributed by atoms with E-state index in [1.165, 1.54) is 12.1 Å². The van der Waals surface area contributed by atoms with Crippen LogP contribution in [0.25, 0.3) is 0 Å². The van der Waals surface area contributed by atoms with Crippen molar-refractivity contribution in [3.8, 4) is 5.75 Å². The number of rotatable bonds is 11. The van der Waals surface area contributed by atoms with Crippen LogP contribution >= 0.6 is 0 Å². The summed E-state index contributed by atoms with van der Waals surface area (Å²) in [6.07, 6.45) is 2.79. The van der Waals surface area contributed by atoms with E-state index in [1.54, 1.807) is 12.1 Å². The molecule has 1 fully saturated rings. The first-order valence-electron chi connectivity index (χ1n) is 11.1. The third kappa shape index (κ3) is 6.91. The molecule has 172 valence electrons. The number of ether oxygens (including phenoxy) is 1. The van der Waals surface area contributed by atoms with Crippen LogP contribution in [-0.4, -0.2) is 27.4 Å². The summed E-state index contributed by atoms with van der Waals surface area (Å²) in [4.78, 5) is 12.6. The molecule has 1 aliphatic carbocycles. The number of hydrogen-bond acceptors (Lipinski definition) is 4. The van der Waals surface area contributed by atoms with Gasteiger partial charge in [0.25, 0.3) is 5.91 Å². The summed E-state index contributed by atoms with van der Waals surface area (Å²) >= 11 is 0. The fourth-order valence-electron chi connectivity index (χ4n) is 3.35. The molecule has 2 N–H and O–H groups in total. The molecule has 0 spiro atoms. The molecule has 0 aromatic heterocycles. The van der Waals surface area contributed by atoms with E-state index in [4.69, 9.17) is 4.74 Å². The highest BCUT2D eigenvalue weighted by Gasteiger charge is 2.24. The standard InChI is InChI=1S/C26H28N2O4S/c29-26(23-7-4-8-25(17-23)33(30,31)28-18-21-9-10-21)27-16-15-20-11-13-24(14-12-20)32-19-22-5-2-1-3-6-22/h1-8,11-14,17,21,28H,9-10,15-16,18-19H2,(H,27,29). The van der Waals surface area contributed by atoms with E-state index >= 15 is 0 Å². The first kappa shape index (κ1) is 23.0. The summed E-state index contributed by atoms with van der Waals surface area (Å²) in [7, 11) is -3.60. The summed E-state index contributed by atoms with van der Waals surface area (Å²) in [5.41, 5.74) is 2.51. The van der Waals surface area contributed by atoms with Crippen molar-refractivity contribution in [2.45, 2.75) is 30.8 Å². The van der Waals surface area contributed by atoms with Gasteiger partial charge in [-0.1, -0.05) is 48.5 Å².